The highest BCUT2D eigenvalue weighted by atomic mass is 16.2. The first-order chi connectivity index (χ1) is 14.4. The summed E-state index contributed by atoms with van der Waals surface area (Å²) in [4.78, 5) is 23.0. The molecule has 0 aliphatic rings. The third kappa shape index (κ3) is 5.78. The molecule has 7 heteroatoms. The van der Waals surface area contributed by atoms with E-state index in [0.29, 0.717) is 25.1 Å². The van der Waals surface area contributed by atoms with Crippen molar-refractivity contribution in [1.29, 1.82) is 0 Å². The molecule has 1 aromatic heterocycles. The van der Waals surface area contributed by atoms with E-state index in [0.717, 1.165) is 28.1 Å². The predicted molar refractivity (Wildman–Crippen MR) is 118 cm³/mol. The summed E-state index contributed by atoms with van der Waals surface area (Å²) in [5.41, 5.74) is 10.4. The van der Waals surface area contributed by atoms with E-state index in [1.54, 1.807) is 6.07 Å². The van der Waals surface area contributed by atoms with Crippen LogP contribution in [0.25, 0.3) is 22.5 Å². The second-order valence-electron chi connectivity index (χ2n) is 7.47. The van der Waals surface area contributed by atoms with Crippen molar-refractivity contribution in [2.45, 2.75) is 32.9 Å². The van der Waals surface area contributed by atoms with Crippen molar-refractivity contribution in [2.24, 2.45) is 5.73 Å². The molecule has 3 aromatic rings. The average Bonchev–Trinajstić information content (AvgIpc) is 3.21. The van der Waals surface area contributed by atoms with E-state index in [1.165, 1.54) is 0 Å². The van der Waals surface area contributed by atoms with Crippen LogP contribution in [0.15, 0.2) is 54.6 Å². The molecule has 0 aliphatic carbocycles. The third-order valence-electron chi connectivity index (χ3n) is 4.56. The molecule has 0 saturated heterocycles. The Bertz CT molecular complexity index is 1010. The van der Waals surface area contributed by atoms with Crippen LogP contribution in [0, 0.1) is 0 Å². The summed E-state index contributed by atoms with van der Waals surface area (Å²) in [5.74, 6) is -0.401. The van der Waals surface area contributed by atoms with E-state index in [2.05, 4.69) is 20.8 Å². The van der Waals surface area contributed by atoms with Gasteiger partial charge in [-0.3, -0.25) is 14.7 Å². The summed E-state index contributed by atoms with van der Waals surface area (Å²) >= 11 is 0. The zero-order valence-electron chi connectivity index (χ0n) is 17.2. The fourth-order valence-corrected chi connectivity index (χ4v) is 3.03. The topological polar surface area (TPSA) is 113 Å². The van der Waals surface area contributed by atoms with Gasteiger partial charge < -0.3 is 16.4 Å². The Balaban J connectivity index is 1.68. The summed E-state index contributed by atoms with van der Waals surface area (Å²) in [6.45, 7) is 5.11. The van der Waals surface area contributed by atoms with Gasteiger partial charge in [-0.2, -0.15) is 5.10 Å². The summed E-state index contributed by atoms with van der Waals surface area (Å²) in [5, 5.41) is 13.6. The van der Waals surface area contributed by atoms with E-state index in [-0.39, 0.29) is 17.9 Å². The lowest BCUT2D eigenvalue weighted by Gasteiger charge is -2.08. The van der Waals surface area contributed by atoms with Crippen LogP contribution in [-0.4, -0.2) is 34.6 Å². The standard InChI is InChI=1S/C23H27N5O2/c1-15(2)26-23(30)19-5-3-4-18(12-19)21-13-20(27-28-21)17-8-6-16(7-9-17)14-25-11-10-22(24)29/h3-9,12-13,15,25H,10-11,14H2,1-2H3,(H2,24,29)(H,26,30)(H,27,28). The quantitative estimate of drug-likeness (QED) is 0.410. The Hall–Kier alpha value is -3.45. The minimum atomic E-state index is -0.306. The average molecular weight is 406 g/mol. The second kappa shape index (κ2) is 9.84. The van der Waals surface area contributed by atoms with Crippen molar-refractivity contribution in [3.8, 4) is 22.5 Å². The van der Waals surface area contributed by atoms with Crippen LogP contribution in [0.3, 0.4) is 0 Å². The molecule has 30 heavy (non-hydrogen) atoms. The van der Waals surface area contributed by atoms with Gasteiger partial charge in [-0.05, 0) is 43.2 Å². The number of benzene rings is 2. The monoisotopic (exact) mass is 405 g/mol. The summed E-state index contributed by atoms with van der Waals surface area (Å²) in [6.07, 6.45) is 0.329. The Morgan fingerprint density at radius 1 is 1.07 bits per heavy atom. The number of rotatable bonds is 9. The molecule has 5 N–H and O–H groups in total. The lowest BCUT2D eigenvalue weighted by molar-refractivity contribution is -0.117. The molecule has 0 atom stereocenters. The molecule has 0 fully saturated rings. The largest absolute Gasteiger partial charge is 0.370 e. The summed E-state index contributed by atoms with van der Waals surface area (Å²) in [7, 11) is 0. The molecule has 1 heterocycles. The first-order valence-electron chi connectivity index (χ1n) is 9.97. The minimum Gasteiger partial charge on any atom is -0.370 e. The normalized spacial score (nSPS) is 10.9. The van der Waals surface area contributed by atoms with Crippen molar-refractivity contribution in [3.05, 3.63) is 65.7 Å². The van der Waals surface area contributed by atoms with Crippen LogP contribution in [0.4, 0.5) is 0 Å². The second-order valence-corrected chi connectivity index (χ2v) is 7.47. The van der Waals surface area contributed by atoms with Gasteiger partial charge in [0.25, 0.3) is 5.91 Å². The van der Waals surface area contributed by atoms with E-state index in [1.807, 2.05) is 62.4 Å². The molecule has 0 aliphatic heterocycles. The van der Waals surface area contributed by atoms with E-state index in [4.69, 9.17) is 5.73 Å². The Kier molecular flexibility index (Phi) is 6.98. The number of amides is 2. The number of nitrogens with one attached hydrogen (secondary N) is 3. The lowest BCUT2D eigenvalue weighted by atomic mass is 10.1. The highest BCUT2D eigenvalue weighted by molar-refractivity contribution is 5.95. The number of aromatic nitrogens is 2. The number of H-pyrrole nitrogens is 1. The van der Waals surface area contributed by atoms with Crippen LogP contribution in [0.2, 0.25) is 0 Å². The van der Waals surface area contributed by atoms with E-state index in [9.17, 15) is 9.59 Å². The summed E-state index contributed by atoms with van der Waals surface area (Å²) < 4.78 is 0. The first-order valence-corrected chi connectivity index (χ1v) is 9.97. The SMILES string of the molecule is CC(C)NC(=O)c1cccc(-c2cc(-c3ccc(CNCCC(N)=O)cc3)[nH]n2)c1. The maximum atomic E-state index is 12.3. The zero-order chi connectivity index (χ0) is 21.5. The highest BCUT2D eigenvalue weighted by Crippen LogP contribution is 2.25. The van der Waals surface area contributed by atoms with Gasteiger partial charge in [0.05, 0.1) is 11.4 Å². The summed E-state index contributed by atoms with van der Waals surface area (Å²) in [6, 6.07) is 17.6. The number of nitrogens with two attached hydrogens (primary N) is 1. The Labute approximate surface area is 176 Å². The van der Waals surface area contributed by atoms with Crippen LogP contribution in [0.5, 0.6) is 0 Å². The van der Waals surface area contributed by atoms with Gasteiger partial charge in [0, 0.05) is 36.7 Å². The van der Waals surface area contributed by atoms with E-state index >= 15 is 0 Å². The number of carbonyl (C=O) groups is 2. The Morgan fingerprint density at radius 3 is 2.53 bits per heavy atom. The van der Waals surface area contributed by atoms with Crippen LogP contribution in [-0.2, 0) is 11.3 Å². The maximum Gasteiger partial charge on any atom is 0.251 e. The predicted octanol–water partition coefficient (Wildman–Crippen LogP) is 2.85. The van der Waals surface area contributed by atoms with Crippen molar-refractivity contribution >= 4 is 11.8 Å². The van der Waals surface area contributed by atoms with Gasteiger partial charge in [0.2, 0.25) is 5.91 Å². The van der Waals surface area contributed by atoms with Gasteiger partial charge in [-0.25, -0.2) is 0 Å². The number of hydrogen-bond acceptors (Lipinski definition) is 4. The molecule has 2 amide bonds. The Morgan fingerprint density at radius 2 is 1.83 bits per heavy atom. The molecule has 2 aromatic carbocycles. The van der Waals surface area contributed by atoms with Crippen molar-refractivity contribution in [1.82, 2.24) is 20.8 Å². The van der Waals surface area contributed by atoms with Gasteiger partial charge in [-0.15, -0.1) is 0 Å². The molecule has 156 valence electrons. The molecular formula is C23H27N5O2. The molecule has 0 saturated carbocycles. The van der Waals surface area contributed by atoms with Crippen molar-refractivity contribution in [3.63, 3.8) is 0 Å². The fraction of sp³-hybridized carbons (Fsp3) is 0.261. The molecule has 3 rings (SSSR count). The molecule has 0 spiro atoms. The van der Waals surface area contributed by atoms with Crippen LogP contribution >= 0.6 is 0 Å². The molecular weight excluding hydrogens is 378 g/mol. The van der Waals surface area contributed by atoms with E-state index < -0.39 is 0 Å². The number of nitrogens with zero attached hydrogens (tertiary/aromatic N) is 1. The first kappa shape index (κ1) is 21.3. The van der Waals surface area contributed by atoms with Gasteiger partial charge in [0.15, 0.2) is 0 Å². The van der Waals surface area contributed by atoms with Crippen molar-refractivity contribution < 1.29 is 9.59 Å². The number of aromatic amines is 1. The molecule has 7 nitrogen and oxygen atoms in total. The zero-order valence-corrected chi connectivity index (χ0v) is 17.2. The number of primary amides is 1. The van der Waals surface area contributed by atoms with Crippen LogP contribution < -0.4 is 16.4 Å². The fourth-order valence-electron chi connectivity index (χ4n) is 3.03. The smallest absolute Gasteiger partial charge is 0.251 e. The highest BCUT2D eigenvalue weighted by Gasteiger charge is 2.11. The van der Waals surface area contributed by atoms with Gasteiger partial charge in [0.1, 0.15) is 0 Å². The molecule has 0 unspecified atom stereocenters. The molecule has 0 radical (unpaired) electrons. The minimum absolute atomic E-state index is 0.0828. The number of carbonyl (C=O) groups excluding carboxylic acids is 2. The van der Waals surface area contributed by atoms with Crippen LogP contribution in [0.1, 0.15) is 36.2 Å². The lowest BCUT2D eigenvalue weighted by Crippen LogP contribution is -2.30. The van der Waals surface area contributed by atoms with Gasteiger partial charge >= 0.3 is 0 Å². The number of hydrogen-bond donors (Lipinski definition) is 4. The molecule has 0 bridgehead atoms. The van der Waals surface area contributed by atoms with Crippen molar-refractivity contribution in [2.75, 3.05) is 6.54 Å². The third-order valence-corrected chi connectivity index (χ3v) is 4.56. The maximum absolute atomic E-state index is 12.3. The van der Waals surface area contributed by atoms with Gasteiger partial charge in [-0.1, -0.05) is 36.4 Å².